The highest BCUT2D eigenvalue weighted by atomic mass is 16.3. The summed E-state index contributed by atoms with van der Waals surface area (Å²) >= 11 is 0. The molecular weight excluding hydrogens is 613 g/mol. The Morgan fingerprint density at radius 2 is 1.28 bits per heavy atom. The van der Waals surface area contributed by atoms with Crippen molar-refractivity contribution < 1.29 is 4.42 Å². The number of nitrogens with zero attached hydrogens (tertiary/aromatic N) is 4. The predicted octanol–water partition coefficient (Wildman–Crippen LogP) is 11.5. The molecule has 5 heteroatoms. The molecule has 5 nitrogen and oxygen atoms in total. The summed E-state index contributed by atoms with van der Waals surface area (Å²) in [5.74, 6) is 0.556. The Morgan fingerprint density at radius 3 is 2.12 bits per heavy atom. The van der Waals surface area contributed by atoms with Gasteiger partial charge in [0.15, 0.2) is 5.82 Å². The van der Waals surface area contributed by atoms with Gasteiger partial charge in [0.05, 0.1) is 27.8 Å². The second-order valence-electron chi connectivity index (χ2n) is 12.5. The van der Waals surface area contributed by atoms with Crippen molar-refractivity contribution >= 4 is 54.5 Å². The lowest BCUT2D eigenvalue weighted by Crippen LogP contribution is -2.01. The Bertz CT molecular complexity index is 2990. The van der Waals surface area contributed by atoms with E-state index in [1.165, 1.54) is 0 Å². The molecule has 0 atom stereocenters. The molecule has 3 heterocycles. The molecule has 0 saturated carbocycles. The lowest BCUT2D eigenvalue weighted by molar-refractivity contribution is 0.673. The van der Waals surface area contributed by atoms with Gasteiger partial charge in [-0.25, -0.2) is 9.97 Å². The number of nitriles is 1. The van der Waals surface area contributed by atoms with Crippen molar-refractivity contribution in [2.45, 2.75) is 0 Å². The summed E-state index contributed by atoms with van der Waals surface area (Å²) in [7, 11) is 0. The highest BCUT2D eigenvalue weighted by Crippen LogP contribution is 2.44. The molecule has 0 aliphatic carbocycles. The first kappa shape index (κ1) is 28.0. The molecule has 0 amide bonds. The van der Waals surface area contributed by atoms with Gasteiger partial charge in [-0.05, 0) is 53.2 Å². The van der Waals surface area contributed by atoms with Crippen LogP contribution < -0.4 is 0 Å². The third kappa shape index (κ3) is 4.19. The molecule has 0 fully saturated rings. The first-order chi connectivity index (χ1) is 24.8. The summed E-state index contributed by atoms with van der Waals surface area (Å²) in [6, 6.07) is 56.1. The summed E-state index contributed by atoms with van der Waals surface area (Å²) in [6.07, 6.45) is 0. The van der Waals surface area contributed by atoms with E-state index in [0.29, 0.717) is 22.8 Å². The third-order valence-electron chi connectivity index (χ3n) is 9.64. The minimum Gasteiger partial charge on any atom is -0.455 e. The van der Waals surface area contributed by atoms with Crippen LogP contribution in [0.4, 0.5) is 0 Å². The quantitative estimate of drug-likeness (QED) is 0.192. The number of rotatable bonds is 4. The van der Waals surface area contributed by atoms with E-state index >= 15 is 0 Å². The fraction of sp³-hybridized carbons (Fsp3) is 0. The van der Waals surface area contributed by atoms with Crippen LogP contribution in [0.5, 0.6) is 0 Å². The van der Waals surface area contributed by atoms with Crippen LogP contribution in [-0.2, 0) is 0 Å². The fourth-order valence-corrected chi connectivity index (χ4v) is 7.41. The average Bonchev–Trinajstić information content (AvgIpc) is 3.74. The second kappa shape index (κ2) is 11.0. The normalized spacial score (nSPS) is 11.6. The Labute approximate surface area is 286 Å². The molecule has 0 bridgehead atoms. The van der Waals surface area contributed by atoms with Crippen LogP contribution in [-0.4, -0.2) is 14.5 Å². The van der Waals surface area contributed by atoms with Gasteiger partial charge in [-0.1, -0.05) is 115 Å². The van der Waals surface area contributed by atoms with Crippen LogP contribution in [0.25, 0.3) is 94.1 Å². The SMILES string of the molecule is N#Cc1c(-c2ccc3ccccc3c2)nc(-c2ccccc2)nc1-c1cccc2oc3c(ccc4c3c3ccccc3n4-c3ccccc3)c12. The topological polar surface area (TPSA) is 67.6 Å². The summed E-state index contributed by atoms with van der Waals surface area (Å²) in [4.78, 5) is 10.2. The Balaban J connectivity index is 1.29. The highest BCUT2D eigenvalue weighted by molar-refractivity contribution is 6.25. The van der Waals surface area contributed by atoms with Crippen LogP contribution in [0.15, 0.2) is 162 Å². The summed E-state index contributed by atoms with van der Waals surface area (Å²) in [5, 5.41) is 17.1. The third-order valence-corrected chi connectivity index (χ3v) is 9.64. The zero-order valence-corrected chi connectivity index (χ0v) is 26.7. The van der Waals surface area contributed by atoms with E-state index in [-0.39, 0.29) is 0 Å². The van der Waals surface area contributed by atoms with Crippen molar-refractivity contribution in [2.75, 3.05) is 0 Å². The van der Waals surface area contributed by atoms with Gasteiger partial charge in [-0.2, -0.15) is 5.26 Å². The van der Waals surface area contributed by atoms with Gasteiger partial charge in [0.2, 0.25) is 0 Å². The van der Waals surface area contributed by atoms with Crippen molar-refractivity contribution in [3.05, 3.63) is 163 Å². The molecule has 3 aromatic heterocycles. The lowest BCUT2D eigenvalue weighted by Gasteiger charge is -2.13. The average molecular weight is 639 g/mol. The van der Waals surface area contributed by atoms with Crippen molar-refractivity contribution in [3.8, 4) is 45.7 Å². The van der Waals surface area contributed by atoms with Crippen molar-refractivity contribution in [2.24, 2.45) is 0 Å². The number of fused-ring (bicyclic) bond motifs is 8. The van der Waals surface area contributed by atoms with Gasteiger partial charge >= 0.3 is 0 Å². The van der Waals surface area contributed by atoms with E-state index in [2.05, 4.69) is 95.6 Å². The first-order valence-electron chi connectivity index (χ1n) is 16.6. The molecule has 10 rings (SSSR count). The minimum atomic E-state index is 0.420. The van der Waals surface area contributed by atoms with Crippen LogP contribution in [0.2, 0.25) is 0 Å². The van der Waals surface area contributed by atoms with Crippen molar-refractivity contribution in [1.29, 1.82) is 5.26 Å². The van der Waals surface area contributed by atoms with Crippen molar-refractivity contribution in [1.82, 2.24) is 14.5 Å². The van der Waals surface area contributed by atoms with E-state index in [1.807, 2.05) is 72.8 Å². The maximum atomic E-state index is 10.8. The van der Waals surface area contributed by atoms with Gasteiger partial charge in [0.1, 0.15) is 22.8 Å². The molecule has 232 valence electrons. The molecule has 0 saturated heterocycles. The Morgan fingerprint density at radius 1 is 0.540 bits per heavy atom. The molecule has 0 unspecified atom stereocenters. The van der Waals surface area contributed by atoms with E-state index in [0.717, 1.165) is 76.9 Å². The molecule has 0 aliphatic heterocycles. The number of furan rings is 1. The summed E-state index contributed by atoms with van der Waals surface area (Å²) < 4.78 is 9.09. The molecule has 7 aromatic carbocycles. The van der Waals surface area contributed by atoms with Crippen LogP contribution in [0, 0.1) is 11.3 Å². The van der Waals surface area contributed by atoms with E-state index in [1.54, 1.807) is 0 Å². The Hall–Kier alpha value is -7.03. The number of para-hydroxylation sites is 2. The standard InChI is InChI=1S/C45H26N4O/c46-27-36-42(31-23-22-28-12-7-8-15-30(28)26-31)47-45(29-13-3-1-4-14-29)48-43(36)34-19-11-21-39-40(34)35-24-25-38-41(44(35)50-39)33-18-9-10-20-37(33)49(38)32-16-5-2-6-17-32/h1-26H. The molecular formula is C45H26N4O. The molecule has 0 N–H and O–H groups in total. The first-order valence-corrected chi connectivity index (χ1v) is 16.6. The zero-order chi connectivity index (χ0) is 33.2. The number of benzene rings is 7. The van der Waals surface area contributed by atoms with E-state index in [4.69, 9.17) is 14.4 Å². The van der Waals surface area contributed by atoms with Crippen molar-refractivity contribution in [3.63, 3.8) is 0 Å². The van der Waals surface area contributed by atoms with Gasteiger partial charge in [-0.15, -0.1) is 0 Å². The lowest BCUT2D eigenvalue weighted by atomic mass is 9.95. The number of hydrogen-bond donors (Lipinski definition) is 0. The molecule has 10 aromatic rings. The molecule has 0 aliphatic rings. The predicted molar refractivity (Wildman–Crippen MR) is 202 cm³/mol. The van der Waals surface area contributed by atoms with Crippen LogP contribution >= 0.6 is 0 Å². The van der Waals surface area contributed by atoms with Gasteiger partial charge in [0, 0.05) is 38.5 Å². The second-order valence-corrected chi connectivity index (χ2v) is 12.5. The van der Waals surface area contributed by atoms with Gasteiger partial charge in [0.25, 0.3) is 0 Å². The maximum Gasteiger partial charge on any atom is 0.160 e. The molecule has 0 spiro atoms. The van der Waals surface area contributed by atoms with Crippen LogP contribution in [0.3, 0.4) is 0 Å². The van der Waals surface area contributed by atoms with E-state index in [9.17, 15) is 5.26 Å². The summed E-state index contributed by atoms with van der Waals surface area (Å²) in [6.45, 7) is 0. The minimum absolute atomic E-state index is 0.420. The molecule has 0 radical (unpaired) electrons. The van der Waals surface area contributed by atoms with Gasteiger partial charge < -0.3 is 8.98 Å². The number of aromatic nitrogens is 3. The molecule has 50 heavy (non-hydrogen) atoms. The fourth-order valence-electron chi connectivity index (χ4n) is 7.41. The van der Waals surface area contributed by atoms with Gasteiger partial charge in [-0.3, -0.25) is 0 Å². The summed E-state index contributed by atoms with van der Waals surface area (Å²) in [5.41, 5.74) is 8.95. The monoisotopic (exact) mass is 638 g/mol. The maximum absolute atomic E-state index is 10.8. The van der Waals surface area contributed by atoms with Crippen LogP contribution in [0.1, 0.15) is 5.56 Å². The highest BCUT2D eigenvalue weighted by Gasteiger charge is 2.24. The smallest absolute Gasteiger partial charge is 0.160 e. The number of hydrogen-bond acceptors (Lipinski definition) is 4. The van der Waals surface area contributed by atoms with E-state index < -0.39 is 0 Å². The largest absolute Gasteiger partial charge is 0.455 e. The zero-order valence-electron chi connectivity index (χ0n) is 26.7. The Kier molecular flexibility index (Phi) is 6.17.